The summed E-state index contributed by atoms with van der Waals surface area (Å²) < 4.78 is 0. The van der Waals surface area contributed by atoms with Gasteiger partial charge in [0.15, 0.2) is 0 Å². The van der Waals surface area contributed by atoms with Crippen molar-refractivity contribution < 1.29 is 4.79 Å². The summed E-state index contributed by atoms with van der Waals surface area (Å²) in [6.07, 6.45) is 3.43. The Morgan fingerprint density at radius 2 is 1.50 bits per heavy atom. The number of nitrogens with one attached hydrogen (secondary N) is 2. The highest BCUT2D eigenvalue weighted by Crippen LogP contribution is 2.45. The van der Waals surface area contributed by atoms with E-state index in [0.717, 1.165) is 32.6 Å². The highest BCUT2D eigenvalue weighted by Gasteiger charge is 2.41. The third kappa shape index (κ3) is 8.74. The van der Waals surface area contributed by atoms with E-state index in [0.29, 0.717) is 24.0 Å². The smallest absolute Gasteiger partial charge is 0.317 e. The molecule has 1 aliphatic rings. The molecule has 1 aliphatic carbocycles. The van der Waals surface area contributed by atoms with Crippen molar-refractivity contribution in [3.05, 3.63) is 0 Å². The van der Waals surface area contributed by atoms with Crippen molar-refractivity contribution in [3.8, 4) is 0 Å². The molecule has 0 radical (unpaired) electrons. The Morgan fingerprint density at radius 3 is 1.97 bits per heavy atom. The second-order valence-electron chi connectivity index (χ2n) is 12.1. The van der Waals surface area contributed by atoms with Gasteiger partial charge in [-0.25, -0.2) is 4.79 Å². The van der Waals surface area contributed by atoms with Gasteiger partial charge in [-0.15, -0.1) is 0 Å². The van der Waals surface area contributed by atoms with Crippen LogP contribution in [0, 0.1) is 16.7 Å². The topological polar surface area (TPSA) is 47.6 Å². The van der Waals surface area contributed by atoms with Gasteiger partial charge in [-0.2, -0.15) is 0 Å². The molecule has 1 fully saturated rings. The Bertz CT molecular complexity index is 521. The van der Waals surface area contributed by atoms with E-state index >= 15 is 0 Å². The number of hydrogen-bond acceptors (Lipinski definition) is 3. The standard InChI is InChI=1S/C25H52N4O/c1-18(2)14-28(19(3)4)23(30)26-16-25(11)13-22(12-24(9,10)15-25)27-17-29(20(5)6)21(7)8/h18-22,27H,12-17H2,1-11H3,(H,26,30). The fraction of sp³-hybridized carbons (Fsp3) is 0.960. The van der Waals surface area contributed by atoms with Crippen molar-refractivity contribution in [3.63, 3.8) is 0 Å². The molecule has 1 saturated carbocycles. The molecular formula is C25H52N4O. The largest absolute Gasteiger partial charge is 0.337 e. The number of amides is 2. The Hall–Kier alpha value is -0.810. The van der Waals surface area contributed by atoms with Crippen LogP contribution >= 0.6 is 0 Å². The Labute approximate surface area is 187 Å². The molecule has 2 N–H and O–H groups in total. The Kier molecular flexibility index (Phi) is 10.1. The lowest BCUT2D eigenvalue weighted by Gasteiger charge is -2.48. The van der Waals surface area contributed by atoms with Crippen LogP contribution in [0.25, 0.3) is 0 Å². The van der Waals surface area contributed by atoms with E-state index in [9.17, 15) is 4.79 Å². The zero-order valence-corrected chi connectivity index (χ0v) is 21.9. The average Bonchev–Trinajstić information content (AvgIpc) is 2.55. The number of carbonyl (C=O) groups excluding carboxylic acids is 1. The van der Waals surface area contributed by atoms with Gasteiger partial charge in [0.25, 0.3) is 0 Å². The van der Waals surface area contributed by atoms with E-state index in [1.54, 1.807) is 0 Å². The number of rotatable bonds is 10. The van der Waals surface area contributed by atoms with Crippen molar-refractivity contribution in [2.75, 3.05) is 19.8 Å². The zero-order valence-electron chi connectivity index (χ0n) is 21.9. The third-order valence-corrected chi connectivity index (χ3v) is 6.45. The summed E-state index contributed by atoms with van der Waals surface area (Å²) in [5.74, 6) is 0.473. The fourth-order valence-electron chi connectivity index (χ4n) is 5.42. The summed E-state index contributed by atoms with van der Waals surface area (Å²) in [5, 5.41) is 7.14. The lowest BCUT2D eigenvalue weighted by atomic mass is 9.62. The first-order valence-electron chi connectivity index (χ1n) is 12.2. The van der Waals surface area contributed by atoms with Gasteiger partial charge in [0.2, 0.25) is 0 Å². The quantitative estimate of drug-likeness (QED) is 0.467. The van der Waals surface area contributed by atoms with Crippen molar-refractivity contribution in [2.24, 2.45) is 16.7 Å². The van der Waals surface area contributed by atoms with Crippen LogP contribution in [-0.2, 0) is 0 Å². The van der Waals surface area contributed by atoms with Crippen LogP contribution in [0.5, 0.6) is 0 Å². The third-order valence-electron chi connectivity index (χ3n) is 6.45. The molecule has 2 amide bonds. The second-order valence-corrected chi connectivity index (χ2v) is 12.1. The summed E-state index contributed by atoms with van der Waals surface area (Å²) in [5.41, 5.74) is 0.377. The minimum absolute atomic E-state index is 0.0820. The molecule has 0 aromatic heterocycles. The summed E-state index contributed by atoms with van der Waals surface area (Å²) in [7, 11) is 0. The van der Waals surface area contributed by atoms with Crippen molar-refractivity contribution in [2.45, 2.75) is 120 Å². The highest BCUT2D eigenvalue weighted by molar-refractivity contribution is 5.74. The lowest BCUT2D eigenvalue weighted by molar-refractivity contribution is 0.0566. The summed E-state index contributed by atoms with van der Waals surface area (Å²) in [6, 6.07) is 1.84. The fourth-order valence-corrected chi connectivity index (χ4v) is 5.42. The highest BCUT2D eigenvalue weighted by atomic mass is 16.2. The molecule has 2 atom stereocenters. The first kappa shape index (κ1) is 27.2. The monoisotopic (exact) mass is 424 g/mol. The summed E-state index contributed by atoms with van der Waals surface area (Å²) in [4.78, 5) is 17.4. The number of carbonyl (C=O) groups is 1. The molecule has 5 nitrogen and oxygen atoms in total. The van der Waals surface area contributed by atoms with Crippen LogP contribution in [0.1, 0.15) is 95.4 Å². The Balaban J connectivity index is 2.77. The molecule has 1 rings (SSSR count). The molecule has 178 valence electrons. The number of urea groups is 1. The normalized spacial score (nSPS) is 24.3. The van der Waals surface area contributed by atoms with Crippen molar-refractivity contribution in [1.29, 1.82) is 0 Å². The van der Waals surface area contributed by atoms with Gasteiger partial charge in [-0.3, -0.25) is 4.90 Å². The minimum Gasteiger partial charge on any atom is -0.337 e. The minimum atomic E-state index is 0.0820. The molecule has 30 heavy (non-hydrogen) atoms. The van der Waals surface area contributed by atoms with Crippen molar-refractivity contribution >= 4 is 6.03 Å². The maximum Gasteiger partial charge on any atom is 0.317 e. The predicted molar refractivity (Wildman–Crippen MR) is 130 cm³/mol. The van der Waals surface area contributed by atoms with Crippen LogP contribution in [0.2, 0.25) is 0 Å². The van der Waals surface area contributed by atoms with Crippen LogP contribution in [0.3, 0.4) is 0 Å². The molecular weight excluding hydrogens is 372 g/mol. The second kappa shape index (κ2) is 11.2. The molecule has 0 aromatic carbocycles. The van der Waals surface area contributed by atoms with Crippen LogP contribution < -0.4 is 10.6 Å². The molecule has 0 aromatic rings. The Morgan fingerprint density at radius 1 is 0.933 bits per heavy atom. The molecule has 0 saturated heterocycles. The zero-order chi connectivity index (χ0) is 23.3. The van der Waals surface area contributed by atoms with E-state index < -0.39 is 0 Å². The van der Waals surface area contributed by atoms with Gasteiger partial charge in [-0.1, -0.05) is 34.6 Å². The van der Waals surface area contributed by atoms with E-state index in [2.05, 4.69) is 91.7 Å². The van der Waals surface area contributed by atoms with E-state index in [4.69, 9.17) is 0 Å². The SMILES string of the molecule is CC(C)CN(C(=O)NCC1(C)CC(NCN(C(C)C)C(C)C)CC(C)(C)C1)C(C)C. The van der Waals surface area contributed by atoms with Crippen LogP contribution in [0.4, 0.5) is 4.79 Å². The summed E-state index contributed by atoms with van der Waals surface area (Å²) >= 11 is 0. The van der Waals surface area contributed by atoms with Crippen LogP contribution in [-0.4, -0.2) is 59.8 Å². The number of hydrogen-bond donors (Lipinski definition) is 2. The van der Waals surface area contributed by atoms with Gasteiger partial charge in [-0.05, 0) is 77.6 Å². The van der Waals surface area contributed by atoms with E-state index in [-0.39, 0.29) is 22.9 Å². The molecule has 0 bridgehead atoms. The first-order chi connectivity index (χ1) is 13.7. The molecule has 0 heterocycles. The number of nitrogens with zero attached hydrogens (tertiary/aromatic N) is 2. The average molecular weight is 425 g/mol. The summed E-state index contributed by atoms with van der Waals surface area (Å²) in [6.45, 7) is 27.2. The van der Waals surface area contributed by atoms with E-state index in [1.165, 1.54) is 6.42 Å². The van der Waals surface area contributed by atoms with Gasteiger partial charge >= 0.3 is 6.03 Å². The molecule has 0 spiro atoms. The maximum atomic E-state index is 12.9. The first-order valence-corrected chi connectivity index (χ1v) is 12.2. The van der Waals surface area contributed by atoms with Gasteiger partial charge in [0, 0.05) is 43.9 Å². The predicted octanol–water partition coefficient (Wildman–Crippen LogP) is 5.31. The molecule has 5 heteroatoms. The van der Waals surface area contributed by atoms with Crippen LogP contribution in [0.15, 0.2) is 0 Å². The van der Waals surface area contributed by atoms with Gasteiger partial charge < -0.3 is 15.5 Å². The van der Waals surface area contributed by atoms with E-state index in [1.807, 2.05) is 4.90 Å². The maximum absolute atomic E-state index is 12.9. The van der Waals surface area contributed by atoms with Crippen molar-refractivity contribution in [1.82, 2.24) is 20.4 Å². The lowest BCUT2D eigenvalue weighted by Crippen LogP contribution is -2.54. The van der Waals surface area contributed by atoms with Gasteiger partial charge in [0.1, 0.15) is 0 Å². The van der Waals surface area contributed by atoms with Gasteiger partial charge in [0.05, 0.1) is 0 Å². The molecule has 0 aliphatic heterocycles. The molecule has 2 unspecified atom stereocenters.